The zero-order valence-corrected chi connectivity index (χ0v) is 30.1. The normalized spacial score (nSPS) is 20.3. The summed E-state index contributed by atoms with van der Waals surface area (Å²) >= 11 is 12.7. The van der Waals surface area contributed by atoms with Gasteiger partial charge in [-0.2, -0.15) is 0 Å². The van der Waals surface area contributed by atoms with Crippen molar-refractivity contribution in [2.24, 2.45) is 0 Å². The highest BCUT2D eigenvalue weighted by molar-refractivity contribution is 6.43. The number of carbonyl (C=O) groups excluding carboxylic acids is 1. The number of benzene rings is 1. The van der Waals surface area contributed by atoms with E-state index in [2.05, 4.69) is 57.7 Å². The topological polar surface area (TPSA) is 51.7 Å². The SMILES string of the molecule is CCCN(COC(=O)N1CCC(N2CCCCC2)CC1)C1=C(C)C=CC(OCCCCN2CCN(c3cccc(Cl)c3Cl)CC2)=CC1. The van der Waals surface area contributed by atoms with Gasteiger partial charge in [-0.1, -0.05) is 48.7 Å². The Morgan fingerprint density at radius 3 is 2.47 bits per heavy atom. The number of hydrogen-bond acceptors (Lipinski definition) is 7. The summed E-state index contributed by atoms with van der Waals surface area (Å²) in [5.41, 5.74) is 3.41. The highest BCUT2D eigenvalue weighted by Gasteiger charge is 2.29. The number of hydrogen-bond donors (Lipinski definition) is 0. The molecule has 0 radical (unpaired) electrons. The molecule has 5 rings (SSSR count). The van der Waals surface area contributed by atoms with Gasteiger partial charge in [-0.15, -0.1) is 0 Å². The van der Waals surface area contributed by atoms with E-state index in [0.29, 0.717) is 22.7 Å². The van der Waals surface area contributed by atoms with E-state index < -0.39 is 0 Å². The molecule has 8 nitrogen and oxygen atoms in total. The molecule has 0 aromatic heterocycles. The zero-order chi connectivity index (χ0) is 33.0. The number of amides is 1. The number of likely N-dealkylation sites (tertiary alicyclic amines) is 2. The summed E-state index contributed by atoms with van der Waals surface area (Å²) in [4.78, 5) is 24.6. The molecular formula is C37H55Cl2N5O3. The molecule has 0 bridgehead atoms. The first-order valence-corrected chi connectivity index (χ1v) is 18.7. The van der Waals surface area contributed by atoms with Crippen molar-refractivity contribution >= 4 is 35.0 Å². The Morgan fingerprint density at radius 1 is 0.957 bits per heavy atom. The average molecular weight is 689 g/mol. The van der Waals surface area contributed by atoms with Gasteiger partial charge >= 0.3 is 6.09 Å². The van der Waals surface area contributed by atoms with E-state index in [-0.39, 0.29) is 12.8 Å². The smallest absolute Gasteiger partial charge is 0.411 e. The third-order valence-corrected chi connectivity index (χ3v) is 10.9. The minimum absolute atomic E-state index is 0.183. The maximum absolute atomic E-state index is 13.0. The average Bonchev–Trinajstić information content (AvgIpc) is 3.29. The van der Waals surface area contributed by atoms with Gasteiger partial charge in [0.1, 0.15) is 5.76 Å². The van der Waals surface area contributed by atoms with Crippen molar-refractivity contribution < 1.29 is 14.3 Å². The van der Waals surface area contributed by atoms with E-state index in [4.69, 9.17) is 32.7 Å². The number of carbonyl (C=O) groups is 1. The van der Waals surface area contributed by atoms with E-state index >= 15 is 0 Å². The van der Waals surface area contributed by atoms with E-state index in [1.165, 1.54) is 43.6 Å². The number of ether oxygens (including phenoxy) is 2. The van der Waals surface area contributed by atoms with Gasteiger partial charge in [0, 0.05) is 64.0 Å². The fraction of sp³-hybridized carbons (Fsp3) is 0.649. The van der Waals surface area contributed by atoms with Crippen molar-refractivity contribution in [3.8, 4) is 0 Å². The van der Waals surface area contributed by atoms with E-state index in [1.807, 2.05) is 17.0 Å². The summed E-state index contributed by atoms with van der Waals surface area (Å²) in [5.74, 6) is 0.913. The van der Waals surface area contributed by atoms with E-state index in [1.54, 1.807) is 0 Å². The minimum atomic E-state index is -0.183. The highest BCUT2D eigenvalue weighted by atomic mass is 35.5. The molecule has 1 amide bonds. The zero-order valence-electron chi connectivity index (χ0n) is 28.6. The second-order valence-corrected chi connectivity index (χ2v) is 14.1. The maximum Gasteiger partial charge on any atom is 0.411 e. The van der Waals surface area contributed by atoms with Gasteiger partial charge in [0.15, 0.2) is 6.73 Å². The van der Waals surface area contributed by atoms with Crippen LogP contribution in [0.4, 0.5) is 10.5 Å². The molecule has 0 spiro atoms. The molecule has 10 heteroatoms. The number of unbranched alkanes of at least 4 members (excludes halogenated alkanes) is 1. The lowest BCUT2D eigenvalue weighted by molar-refractivity contribution is 0.0390. The molecule has 1 aliphatic carbocycles. The summed E-state index contributed by atoms with van der Waals surface area (Å²) in [6, 6.07) is 6.47. The molecule has 1 aromatic rings. The second-order valence-electron chi connectivity index (χ2n) is 13.3. The number of piperazine rings is 1. The molecule has 260 valence electrons. The minimum Gasteiger partial charge on any atom is -0.494 e. The van der Waals surface area contributed by atoms with E-state index in [0.717, 1.165) is 102 Å². The molecular weight excluding hydrogens is 633 g/mol. The quantitative estimate of drug-likeness (QED) is 0.155. The van der Waals surface area contributed by atoms with Crippen LogP contribution in [-0.2, 0) is 9.47 Å². The fourth-order valence-electron chi connectivity index (χ4n) is 7.26. The van der Waals surface area contributed by atoms with Crippen LogP contribution in [0.15, 0.2) is 53.5 Å². The Labute approximate surface area is 292 Å². The van der Waals surface area contributed by atoms with Crippen LogP contribution in [0.2, 0.25) is 10.0 Å². The highest BCUT2D eigenvalue weighted by Crippen LogP contribution is 2.33. The Bertz CT molecular complexity index is 1250. The summed E-state index contributed by atoms with van der Waals surface area (Å²) in [6.07, 6.45) is 16.1. The molecule has 4 aliphatic rings. The third kappa shape index (κ3) is 10.3. The molecule has 47 heavy (non-hydrogen) atoms. The predicted octanol–water partition coefficient (Wildman–Crippen LogP) is 7.79. The van der Waals surface area contributed by atoms with Gasteiger partial charge in [-0.25, -0.2) is 4.79 Å². The summed E-state index contributed by atoms with van der Waals surface area (Å²) in [7, 11) is 0. The number of nitrogens with zero attached hydrogens (tertiary/aromatic N) is 5. The van der Waals surface area contributed by atoms with Crippen LogP contribution >= 0.6 is 23.2 Å². The van der Waals surface area contributed by atoms with Crippen molar-refractivity contribution in [1.29, 1.82) is 0 Å². The Morgan fingerprint density at radius 2 is 1.72 bits per heavy atom. The van der Waals surface area contributed by atoms with Gasteiger partial charge < -0.3 is 29.1 Å². The van der Waals surface area contributed by atoms with Crippen LogP contribution in [-0.4, -0.2) is 111 Å². The number of piperidine rings is 2. The molecule has 3 aliphatic heterocycles. The Kier molecular flexibility index (Phi) is 14.1. The lowest BCUT2D eigenvalue weighted by Crippen LogP contribution is -2.48. The van der Waals surface area contributed by atoms with Gasteiger partial charge in [0.2, 0.25) is 0 Å². The number of allylic oxidation sites excluding steroid dienone is 4. The largest absolute Gasteiger partial charge is 0.494 e. The Balaban J connectivity index is 0.996. The second kappa shape index (κ2) is 18.4. The van der Waals surface area contributed by atoms with Gasteiger partial charge in [0.05, 0.1) is 22.3 Å². The van der Waals surface area contributed by atoms with E-state index in [9.17, 15) is 4.79 Å². The third-order valence-electron chi connectivity index (χ3n) is 10.1. The molecule has 3 saturated heterocycles. The molecule has 0 atom stereocenters. The lowest BCUT2D eigenvalue weighted by atomic mass is 10.0. The van der Waals surface area contributed by atoms with Crippen LogP contribution in [0.3, 0.4) is 0 Å². The fourth-order valence-corrected chi connectivity index (χ4v) is 7.68. The first kappa shape index (κ1) is 35.9. The monoisotopic (exact) mass is 687 g/mol. The van der Waals surface area contributed by atoms with Crippen molar-refractivity contribution in [2.75, 3.05) is 83.7 Å². The van der Waals surface area contributed by atoms with Crippen molar-refractivity contribution in [2.45, 2.75) is 77.7 Å². The summed E-state index contributed by atoms with van der Waals surface area (Å²) in [6.45, 7) is 15.2. The predicted molar refractivity (Wildman–Crippen MR) is 193 cm³/mol. The summed E-state index contributed by atoms with van der Waals surface area (Å²) in [5, 5.41) is 1.26. The van der Waals surface area contributed by atoms with Crippen LogP contribution < -0.4 is 4.90 Å². The first-order valence-electron chi connectivity index (χ1n) is 18.0. The van der Waals surface area contributed by atoms with Crippen LogP contribution in [0, 0.1) is 0 Å². The standard InChI is InChI=1S/C37H55Cl2N5O3/c1-3-18-44(29-47-37(45)43-22-16-31(17-23-43)41-20-5-4-6-21-41)34-15-14-32(13-12-30(34)2)46-28-8-7-19-40-24-26-42(27-25-40)35-11-9-10-33(38)36(35)39/h9-14,31H,3-8,15-29H2,1-2H3. The molecule has 3 heterocycles. The maximum atomic E-state index is 13.0. The van der Waals surface area contributed by atoms with Crippen molar-refractivity contribution in [1.82, 2.24) is 19.6 Å². The van der Waals surface area contributed by atoms with Crippen molar-refractivity contribution in [3.05, 3.63) is 63.5 Å². The van der Waals surface area contributed by atoms with Crippen LogP contribution in [0.5, 0.6) is 0 Å². The first-order chi connectivity index (χ1) is 22.9. The summed E-state index contributed by atoms with van der Waals surface area (Å²) < 4.78 is 12.1. The van der Waals surface area contributed by atoms with Gasteiger partial charge in [-0.3, -0.25) is 4.90 Å². The molecule has 1 aromatic carbocycles. The Hall–Kier alpha value is -2.39. The molecule has 0 N–H and O–H groups in total. The van der Waals surface area contributed by atoms with Crippen LogP contribution in [0.25, 0.3) is 0 Å². The molecule has 3 fully saturated rings. The van der Waals surface area contributed by atoms with Gasteiger partial charge in [-0.05, 0) is 101 Å². The van der Waals surface area contributed by atoms with Crippen molar-refractivity contribution in [3.63, 3.8) is 0 Å². The van der Waals surface area contributed by atoms with Gasteiger partial charge in [0.25, 0.3) is 0 Å². The molecule has 0 saturated carbocycles. The van der Waals surface area contributed by atoms with Crippen LogP contribution in [0.1, 0.15) is 71.6 Å². The number of rotatable bonds is 13. The lowest BCUT2D eigenvalue weighted by Gasteiger charge is -2.40. The number of anilines is 1. The molecule has 0 unspecified atom stereocenters. The number of halogens is 2.